The third-order valence-electron chi connectivity index (χ3n) is 5.91. The van der Waals surface area contributed by atoms with Crippen molar-refractivity contribution < 1.29 is 20.8 Å². The topological polar surface area (TPSA) is 103 Å². The van der Waals surface area contributed by atoms with Gasteiger partial charge in [-0.1, -0.05) is 12.1 Å². The fourth-order valence-electron chi connectivity index (χ4n) is 4.02. The molecular formula is C25H27FN8O2. The number of hydrogen-bond acceptors (Lipinski definition) is 7. The zero-order valence-electron chi connectivity index (χ0n) is 24.9. The summed E-state index contributed by atoms with van der Waals surface area (Å²) >= 11 is 0. The van der Waals surface area contributed by atoms with Crippen LogP contribution in [0.15, 0.2) is 42.9 Å². The summed E-state index contributed by atoms with van der Waals surface area (Å²) in [5.41, 5.74) is 2.31. The van der Waals surface area contributed by atoms with Crippen LogP contribution in [0.3, 0.4) is 0 Å². The molecule has 0 saturated carbocycles. The van der Waals surface area contributed by atoms with Gasteiger partial charge in [0.1, 0.15) is 17.3 Å². The monoisotopic (exact) mass is 495 g/mol. The molecule has 1 aliphatic rings. The summed E-state index contributed by atoms with van der Waals surface area (Å²) in [4.78, 5) is 28.3. The van der Waals surface area contributed by atoms with Gasteiger partial charge in [-0.25, -0.2) is 19.3 Å². The minimum atomic E-state index is -2.51. The minimum absolute atomic E-state index is 0.0241. The summed E-state index contributed by atoms with van der Waals surface area (Å²) in [7, 11) is 1.22. The average Bonchev–Trinajstić information content (AvgIpc) is 3.56. The van der Waals surface area contributed by atoms with Crippen LogP contribution in [0.25, 0.3) is 11.4 Å². The van der Waals surface area contributed by atoms with Crippen LogP contribution >= 0.6 is 0 Å². The molecular weight excluding hydrogens is 463 g/mol. The quantitative estimate of drug-likeness (QED) is 0.420. The number of aryl methyl sites for hydroxylation is 3. The molecule has 1 N–H and O–H groups in total. The van der Waals surface area contributed by atoms with Crippen LogP contribution in [-0.4, -0.2) is 59.8 Å². The Morgan fingerprint density at radius 3 is 2.92 bits per heavy atom. The van der Waals surface area contributed by atoms with E-state index in [1.807, 2.05) is 0 Å². The van der Waals surface area contributed by atoms with Crippen molar-refractivity contribution in [3.05, 3.63) is 71.2 Å². The number of hydrogen-bond donors (Lipinski definition) is 1. The van der Waals surface area contributed by atoms with E-state index in [-0.39, 0.29) is 30.7 Å². The van der Waals surface area contributed by atoms with Crippen molar-refractivity contribution in [2.75, 3.05) is 19.0 Å². The van der Waals surface area contributed by atoms with Crippen molar-refractivity contribution in [3.63, 3.8) is 0 Å². The smallest absolute Gasteiger partial charge is 0.290 e. The molecule has 1 aromatic carbocycles. The minimum Gasteiger partial charge on any atom is -0.382 e. The highest BCUT2D eigenvalue weighted by atomic mass is 19.1. The number of anilines is 2. The molecule has 4 aromatic rings. The summed E-state index contributed by atoms with van der Waals surface area (Å²) in [6.45, 7) is -1.36. The zero-order chi connectivity index (χ0) is 29.7. The normalized spacial score (nSPS) is 18.1. The molecule has 5 rings (SSSR count). The van der Waals surface area contributed by atoms with E-state index in [0.29, 0.717) is 28.1 Å². The van der Waals surface area contributed by atoms with Crippen LogP contribution in [0.1, 0.15) is 34.2 Å². The first kappa shape index (κ1) is 18.2. The zero-order valence-corrected chi connectivity index (χ0v) is 19.9. The SMILES string of the molecule is [2H]C([2H])(OC)[C@H]1Cn2cc(-c3nc(Nc4ccnn4C([2H])([2H])[2H])ncc3C)nc2C(=O)N1Cc1ccc(C)c(F)c1. The van der Waals surface area contributed by atoms with E-state index in [4.69, 9.17) is 11.6 Å². The molecule has 36 heavy (non-hydrogen) atoms. The molecule has 1 aliphatic heterocycles. The molecule has 0 bridgehead atoms. The standard InChI is InChI=1S/C25H27FN8O2/c1-15-5-6-17(9-19(15)26)11-34-18(14-36-4)12-33-13-20(29-23(33)24(34)35)22-16(2)10-27-25(31-22)30-21-7-8-28-32(21)3/h5-10,13,18H,11-12,14H2,1-4H3,(H,27,30,31)/t18-/m1/s1/i3D3,14D2. The highest BCUT2D eigenvalue weighted by Gasteiger charge is 2.35. The largest absolute Gasteiger partial charge is 0.382 e. The average molecular weight is 496 g/mol. The lowest BCUT2D eigenvalue weighted by Crippen LogP contribution is -2.49. The highest BCUT2D eigenvalue weighted by molar-refractivity contribution is 5.92. The van der Waals surface area contributed by atoms with E-state index in [1.54, 1.807) is 36.7 Å². The predicted molar refractivity (Wildman–Crippen MR) is 131 cm³/mol. The van der Waals surface area contributed by atoms with Crippen molar-refractivity contribution in [2.24, 2.45) is 6.98 Å². The summed E-state index contributed by atoms with van der Waals surface area (Å²) in [6.07, 6.45) is 4.47. The Kier molecular flexibility index (Phi) is 4.80. The first-order valence-corrected chi connectivity index (χ1v) is 11.1. The Morgan fingerprint density at radius 1 is 1.28 bits per heavy atom. The van der Waals surface area contributed by atoms with Crippen LogP contribution in [0, 0.1) is 19.7 Å². The second-order valence-corrected chi connectivity index (χ2v) is 8.43. The Balaban J connectivity index is 1.50. The first-order valence-electron chi connectivity index (χ1n) is 13.6. The third kappa shape index (κ3) is 4.44. The maximum atomic E-state index is 14.3. The van der Waals surface area contributed by atoms with E-state index < -0.39 is 31.3 Å². The first-order chi connectivity index (χ1) is 19.3. The van der Waals surface area contributed by atoms with E-state index in [1.165, 1.54) is 36.5 Å². The van der Waals surface area contributed by atoms with E-state index >= 15 is 0 Å². The number of amides is 1. The number of carbonyl (C=O) groups is 1. The van der Waals surface area contributed by atoms with Gasteiger partial charge in [-0.05, 0) is 36.6 Å². The third-order valence-corrected chi connectivity index (χ3v) is 5.91. The summed E-state index contributed by atoms with van der Waals surface area (Å²) in [6, 6.07) is 5.05. The Hall–Kier alpha value is -4.12. The molecule has 11 heteroatoms. The van der Waals surface area contributed by atoms with Gasteiger partial charge in [0.05, 0.1) is 27.2 Å². The van der Waals surface area contributed by atoms with E-state index in [9.17, 15) is 9.18 Å². The molecule has 0 aliphatic carbocycles. The number of halogens is 1. The van der Waals surface area contributed by atoms with Gasteiger partial charge in [0.25, 0.3) is 5.91 Å². The number of imidazole rings is 1. The fraction of sp³-hybridized carbons (Fsp3) is 0.320. The molecule has 0 fully saturated rings. The predicted octanol–water partition coefficient (Wildman–Crippen LogP) is 3.24. The van der Waals surface area contributed by atoms with E-state index in [0.717, 1.165) is 4.68 Å². The molecule has 0 radical (unpaired) electrons. The van der Waals surface area contributed by atoms with Crippen molar-refractivity contribution in [1.29, 1.82) is 0 Å². The summed E-state index contributed by atoms with van der Waals surface area (Å²) in [5, 5.41) is 6.69. The Morgan fingerprint density at radius 2 is 2.14 bits per heavy atom. The van der Waals surface area contributed by atoms with Gasteiger partial charge in [-0.2, -0.15) is 5.10 Å². The fourth-order valence-corrected chi connectivity index (χ4v) is 4.02. The second-order valence-electron chi connectivity index (χ2n) is 8.43. The molecule has 0 unspecified atom stereocenters. The van der Waals surface area contributed by atoms with Crippen molar-refractivity contribution >= 4 is 17.7 Å². The summed E-state index contributed by atoms with van der Waals surface area (Å²) < 4.78 is 61.5. The van der Waals surface area contributed by atoms with Gasteiger partial charge in [0.15, 0.2) is 5.82 Å². The van der Waals surface area contributed by atoms with Crippen LogP contribution in [0.4, 0.5) is 16.2 Å². The number of fused-ring (bicyclic) bond motifs is 1. The van der Waals surface area contributed by atoms with Gasteiger partial charge in [0, 0.05) is 49.7 Å². The molecule has 1 amide bonds. The van der Waals surface area contributed by atoms with E-state index in [2.05, 4.69) is 25.4 Å². The number of carbonyl (C=O) groups excluding carboxylic acids is 1. The molecule has 4 heterocycles. The highest BCUT2D eigenvalue weighted by Crippen LogP contribution is 2.27. The molecule has 186 valence electrons. The van der Waals surface area contributed by atoms with Crippen LogP contribution in [0.5, 0.6) is 0 Å². The number of aromatic nitrogens is 6. The summed E-state index contributed by atoms with van der Waals surface area (Å²) in [5.74, 6) is -0.671. The van der Waals surface area contributed by atoms with Crippen LogP contribution in [-0.2, 0) is 24.8 Å². The lowest BCUT2D eigenvalue weighted by molar-refractivity contribution is 0.0380. The van der Waals surface area contributed by atoms with Crippen LogP contribution in [0.2, 0.25) is 0 Å². The molecule has 10 nitrogen and oxygen atoms in total. The van der Waals surface area contributed by atoms with Crippen molar-refractivity contribution in [3.8, 4) is 11.4 Å². The van der Waals surface area contributed by atoms with Gasteiger partial charge in [0.2, 0.25) is 5.95 Å². The second kappa shape index (κ2) is 9.50. The molecule has 3 aromatic heterocycles. The number of benzene rings is 1. The van der Waals surface area contributed by atoms with Crippen LogP contribution < -0.4 is 5.32 Å². The van der Waals surface area contributed by atoms with Crippen molar-refractivity contribution in [1.82, 2.24) is 34.2 Å². The number of ether oxygens (including phenoxy) is 1. The number of rotatable bonds is 7. The molecule has 1 atom stereocenters. The number of nitrogens with zero attached hydrogens (tertiary/aromatic N) is 7. The number of nitrogens with one attached hydrogen (secondary N) is 1. The Labute approximate surface area is 214 Å². The molecule has 0 spiro atoms. The van der Waals surface area contributed by atoms with Gasteiger partial charge < -0.3 is 19.5 Å². The van der Waals surface area contributed by atoms with Gasteiger partial charge in [-0.15, -0.1) is 0 Å². The van der Waals surface area contributed by atoms with Gasteiger partial charge in [-0.3, -0.25) is 9.48 Å². The maximum Gasteiger partial charge on any atom is 0.290 e. The van der Waals surface area contributed by atoms with Crippen molar-refractivity contribution in [2.45, 2.75) is 33.0 Å². The Bertz CT molecular complexity index is 1620. The maximum absolute atomic E-state index is 14.3. The van der Waals surface area contributed by atoms with Gasteiger partial charge >= 0.3 is 0 Å². The lowest BCUT2D eigenvalue weighted by atomic mass is 10.1. The molecule has 0 saturated heterocycles. The number of methoxy groups -OCH3 is 1. The lowest BCUT2D eigenvalue weighted by Gasteiger charge is -2.35.